The van der Waals surface area contributed by atoms with Crippen LogP contribution in [0.15, 0.2) is 29.0 Å². The van der Waals surface area contributed by atoms with Crippen molar-refractivity contribution in [3.63, 3.8) is 0 Å². The number of nitrogens with one attached hydrogen (secondary N) is 1. The number of rotatable bonds is 3. The molecule has 3 aromatic rings. The summed E-state index contributed by atoms with van der Waals surface area (Å²) in [6.45, 7) is 7.70. The molecule has 0 atom stereocenters. The quantitative estimate of drug-likeness (QED) is 0.744. The van der Waals surface area contributed by atoms with E-state index in [9.17, 15) is 0 Å². The van der Waals surface area contributed by atoms with Crippen molar-refractivity contribution in [3.8, 4) is 0 Å². The van der Waals surface area contributed by atoms with Crippen LogP contribution in [0, 0.1) is 13.8 Å². The lowest BCUT2D eigenvalue weighted by molar-refractivity contribution is 1.14. The van der Waals surface area contributed by atoms with Gasteiger partial charge in [0.2, 0.25) is 0 Å². The maximum absolute atomic E-state index is 4.85. The minimum absolute atomic E-state index is 0.750. The number of aromatic nitrogens is 1. The van der Waals surface area contributed by atoms with Crippen LogP contribution in [0.3, 0.4) is 0 Å². The van der Waals surface area contributed by atoms with Crippen molar-refractivity contribution in [2.24, 2.45) is 5.73 Å². The summed E-state index contributed by atoms with van der Waals surface area (Å²) in [4.78, 5) is 5.97. The zero-order valence-corrected chi connectivity index (χ0v) is 14.3. The molecule has 0 aliphatic heterocycles. The lowest BCUT2D eigenvalue weighted by Crippen LogP contribution is -1.98. The molecule has 21 heavy (non-hydrogen) atoms. The molecule has 0 spiro atoms. The molecule has 112 valence electrons. The van der Waals surface area contributed by atoms with Crippen LogP contribution in [0.2, 0.25) is 0 Å². The van der Waals surface area contributed by atoms with Crippen molar-refractivity contribution in [1.29, 1.82) is 0 Å². The van der Waals surface area contributed by atoms with Crippen molar-refractivity contribution in [2.75, 3.05) is 11.9 Å². The molecule has 3 N–H and O–H groups in total. The zero-order valence-electron chi connectivity index (χ0n) is 12.6. The first-order valence-electron chi connectivity index (χ1n) is 6.97. The van der Waals surface area contributed by atoms with Gasteiger partial charge in [-0.05, 0) is 48.8 Å². The molecule has 0 amide bonds. The summed E-state index contributed by atoms with van der Waals surface area (Å²) in [7, 11) is 0. The smallest absolute Gasteiger partial charge is 0.0863 e. The van der Waals surface area contributed by atoms with E-state index in [0.717, 1.165) is 24.3 Å². The maximum Gasteiger partial charge on any atom is 0.0863 e. The molecule has 0 aliphatic carbocycles. The monoisotopic (exact) mass is 319 g/mol. The van der Waals surface area contributed by atoms with Gasteiger partial charge in [-0.3, -0.25) is 4.98 Å². The highest BCUT2D eigenvalue weighted by Crippen LogP contribution is 2.31. The number of nitrogens with two attached hydrogens (primary N) is 1. The van der Waals surface area contributed by atoms with Crippen molar-refractivity contribution in [2.45, 2.75) is 27.3 Å². The van der Waals surface area contributed by atoms with Gasteiger partial charge in [0.05, 0.1) is 15.9 Å². The van der Waals surface area contributed by atoms with Gasteiger partial charge < -0.3 is 11.1 Å². The van der Waals surface area contributed by atoms with Gasteiger partial charge in [0.15, 0.2) is 0 Å². The summed E-state index contributed by atoms with van der Waals surface area (Å²) in [6, 6.07) is 6.37. The Morgan fingerprint density at radius 1 is 1.29 bits per heavy atom. The number of thiophene rings is 2. The van der Waals surface area contributed by atoms with Crippen LogP contribution in [-0.4, -0.2) is 11.5 Å². The fourth-order valence-corrected chi connectivity index (χ4v) is 3.61. The Kier molecular flexibility index (Phi) is 5.73. The minimum Gasteiger partial charge on any atom is -0.379 e. The molecule has 0 aliphatic rings. The molecular weight excluding hydrogens is 298 g/mol. The predicted molar refractivity (Wildman–Crippen MR) is 95.5 cm³/mol. The molecule has 3 heterocycles. The number of anilines is 1. The third kappa shape index (κ3) is 4.03. The van der Waals surface area contributed by atoms with E-state index in [1.165, 1.54) is 20.8 Å². The van der Waals surface area contributed by atoms with Gasteiger partial charge in [0, 0.05) is 17.1 Å². The Bertz CT molecular complexity index is 687. The van der Waals surface area contributed by atoms with E-state index in [1.54, 1.807) is 22.7 Å². The van der Waals surface area contributed by atoms with E-state index in [0.29, 0.717) is 0 Å². The molecule has 0 aromatic carbocycles. The number of aryl methyl sites for hydroxylation is 2. The van der Waals surface area contributed by atoms with E-state index >= 15 is 0 Å². The van der Waals surface area contributed by atoms with Crippen LogP contribution in [-0.2, 0) is 6.54 Å². The van der Waals surface area contributed by atoms with Crippen molar-refractivity contribution in [1.82, 2.24) is 4.98 Å². The van der Waals surface area contributed by atoms with E-state index in [-0.39, 0.29) is 0 Å². The van der Waals surface area contributed by atoms with Gasteiger partial charge in [-0.1, -0.05) is 13.0 Å². The van der Waals surface area contributed by atoms with Crippen molar-refractivity contribution < 1.29 is 0 Å². The van der Waals surface area contributed by atoms with Gasteiger partial charge in [-0.25, -0.2) is 0 Å². The van der Waals surface area contributed by atoms with Crippen LogP contribution in [0.1, 0.15) is 23.1 Å². The van der Waals surface area contributed by atoms with Crippen LogP contribution in [0.25, 0.3) is 10.2 Å². The lowest BCUT2D eigenvalue weighted by Gasteiger charge is -2.07. The Hall–Kier alpha value is -1.43. The third-order valence-corrected chi connectivity index (χ3v) is 4.86. The first kappa shape index (κ1) is 15.9. The Morgan fingerprint density at radius 2 is 2.05 bits per heavy atom. The second-order valence-corrected chi connectivity index (χ2v) is 6.66. The zero-order chi connectivity index (χ0) is 15.2. The predicted octanol–water partition coefficient (Wildman–Crippen LogP) is 4.55. The summed E-state index contributed by atoms with van der Waals surface area (Å²) in [6.07, 6.45) is 0. The molecule has 0 bridgehead atoms. The highest BCUT2D eigenvalue weighted by molar-refractivity contribution is 7.18. The first-order valence-corrected chi connectivity index (χ1v) is 8.73. The van der Waals surface area contributed by atoms with Gasteiger partial charge in [-0.15, -0.1) is 22.7 Å². The molecular formula is C16H21N3S2. The van der Waals surface area contributed by atoms with E-state index in [1.807, 2.05) is 13.8 Å². The number of nitrogens with zero attached hydrogens (tertiary/aromatic N) is 1. The highest BCUT2D eigenvalue weighted by atomic mass is 32.1. The molecule has 0 saturated carbocycles. The fraction of sp³-hybridized carbons (Fsp3) is 0.312. The van der Waals surface area contributed by atoms with E-state index in [4.69, 9.17) is 5.73 Å². The molecule has 3 rings (SSSR count). The molecule has 5 heteroatoms. The highest BCUT2D eigenvalue weighted by Gasteiger charge is 2.08. The average molecular weight is 319 g/mol. The third-order valence-electron chi connectivity index (χ3n) is 2.86. The van der Waals surface area contributed by atoms with Crippen LogP contribution in [0.5, 0.6) is 0 Å². The standard InChI is InChI=1S/C14H14N2S2.C2H7N/c1-9-8-18-14-12(6-10(2)16-13(9)14)15-7-11-4-3-5-17-11;1-2-3/h3-6,8H,7H2,1-2H3,(H,15,16);2-3H2,1H3. The van der Waals surface area contributed by atoms with Crippen LogP contribution in [0.4, 0.5) is 5.69 Å². The van der Waals surface area contributed by atoms with Crippen molar-refractivity contribution >= 4 is 38.6 Å². The second-order valence-electron chi connectivity index (χ2n) is 4.75. The molecule has 3 nitrogen and oxygen atoms in total. The van der Waals surface area contributed by atoms with Crippen molar-refractivity contribution in [3.05, 3.63) is 45.1 Å². The lowest BCUT2D eigenvalue weighted by atomic mass is 10.2. The van der Waals surface area contributed by atoms with E-state index in [2.05, 4.69) is 46.2 Å². The van der Waals surface area contributed by atoms with Gasteiger partial charge in [0.25, 0.3) is 0 Å². The van der Waals surface area contributed by atoms with Gasteiger partial charge >= 0.3 is 0 Å². The largest absolute Gasteiger partial charge is 0.379 e. The summed E-state index contributed by atoms with van der Waals surface area (Å²) in [5.41, 5.74) is 9.51. The number of hydrogen-bond acceptors (Lipinski definition) is 5. The first-order chi connectivity index (χ1) is 10.2. The Morgan fingerprint density at radius 3 is 2.71 bits per heavy atom. The minimum atomic E-state index is 0.750. The molecule has 3 aromatic heterocycles. The van der Waals surface area contributed by atoms with Crippen LogP contribution < -0.4 is 11.1 Å². The SMILES string of the molecule is CCN.Cc1cc(NCc2cccs2)c2scc(C)c2n1. The summed E-state index contributed by atoms with van der Waals surface area (Å²) >= 11 is 3.55. The second kappa shape index (κ2) is 7.54. The molecule has 0 unspecified atom stereocenters. The number of fused-ring (bicyclic) bond motifs is 1. The fourth-order valence-electron chi connectivity index (χ4n) is 1.98. The Labute approximate surface area is 133 Å². The molecule has 0 fully saturated rings. The van der Waals surface area contributed by atoms with Gasteiger partial charge in [0.1, 0.15) is 0 Å². The Balaban J connectivity index is 0.000000497. The summed E-state index contributed by atoms with van der Waals surface area (Å²) in [5, 5.41) is 7.81. The number of hydrogen-bond donors (Lipinski definition) is 2. The average Bonchev–Trinajstić information content (AvgIpc) is 3.08. The molecule has 0 radical (unpaired) electrons. The summed E-state index contributed by atoms with van der Waals surface area (Å²) < 4.78 is 1.26. The topological polar surface area (TPSA) is 50.9 Å². The van der Waals surface area contributed by atoms with Gasteiger partial charge in [-0.2, -0.15) is 0 Å². The maximum atomic E-state index is 4.85. The normalized spacial score (nSPS) is 10.3. The van der Waals surface area contributed by atoms with Crippen LogP contribution >= 0.6 is 22.7 Å². The number of pyridine rings is 1. The van der Waals surface area contributed by atoms with E-state index < -0.39 is 0 Å². The summed E-state index contributed by atoms with van der Waals surface area (Å²) in [5.74, 6) is 0. The molecule has 0 saturated heterocycles.